The number of aromatic amines is 1. The topological polar surface area (TPSA) is 75.2 Å². The number of carboxylic acid groups (broad SMARTS) is 1. The molecule has 0 saturated heterocycles. The van der Waals surface area contributed by atoms with E-state index in [1.165, 1.54) is 0 Å². The number of benzene rings is 2. The molecule has 0 fully saturated rings. The third-order valence-electron chi connectivity index (χ3n) is 4.50. The molecule has 27 heavy (non-hydrogen) atoms. The first-order valence-corrected chi connectivity index (χ1v) is 9.13. The molecule has 0 radical (unpaired) electrons. The molecule has 1 aliphatic heterocycles. The minimum absolute atomic E-state index is 0.00155. The second-order valence-electron chi connectivity index (χ2n) is 6.66. The fourth-order valence-electron chi connectivity index (χ4n) is 3.38. The maximum absolute atomic E-state index is 11.6. The monoisotopic (exact) mass is 422 g/mol. The number of nitrogens with zero attached hydrogens (tertiary/aromatic N) is 1. The van der Waals surface area contributed by atoms with Gasteiger partial charge in [0, 0.05) is 21.7 Å². The summed E-state index contributed by atoms with van der Waals surface area (Å²) in [4.78, 5) is 11.6. The summed E-state index contributed by atoms with van der Waals surface area (Å²) in [5, 5.41) is 17.7. The number of rotatable bonds is 2. The molecule has 0 atom stereocenters. The van der Waals surface area contributed by atoms with Crippen molar-refractivity contribution in [1.82, 2.24) is 10.2 Å². The van der Waals surface area contributed by atoms with Gasteiger partial charge in [-0.2, -0.15) is 5.10 Å². The lowest BCUT2D eigenvalue weighted by Gasteiger charge is -2.34. The summed E-state index contributed by atoms with van der Waals surface area (Å²) in [6, 6.07) is 8.58. The van der Waals surface area contributed by atoms with Crippen molar-refractivity contribution in [3.63, 3.8) is 0 Å². The van der Waals surface area contributed by atoms with Crippen LogP contribution in [0.25, 0.3) is 22.4 Å². The molecule has 2 aromatic carbocycles. The van der Waals surface area contributed by atoms with Gasteiger partial charge in [-0.05, 0) is 38.1 Å². The number of nitrogens with one attached hydrogen (secondary N) is 1. The van der Waals surface area contributed by atoms with Crippen molar-refractivity contribution in [2.24, 2.45) is 0 Å². The zero-order valence-corrected chi connectivity index (χ0v) is 16.5. The number of carbonyl (C=O) groups is 1. The summed E-state index contributed by atoms with van der Waals surface area (Å²) in [7, 11) is 0. The summed E-state index contributed by atoms with van der Waals surface area (Å²) in [6.07, 6.45) is 0. The van der Waals surface area contributed by atoms with Crippen molar-refractivity contribution >= 4 is 40.8 Å². The highest BCUT2D eigenvalue weighted by molar-refractivity contribution is 6.38. The Labute approximate surface area is 169 Å². The Morgan fingerprint density at radius 3 is 2.48 bits per heavy atom. The van der Waals surface area contributed by atoms with Crippen LogP contribution in [0.1, 0.15) is 29.9 Å². The number of H-pyrrole nitrogens is 1. The predicted molar refractivity (Wildman–Crippen MR) is 105 cm³/mol. The van der Waals surface area contributed by atoms with Crippen molar-refractivity contribution in [2.75, 3.05) is 0 Å². The maximum atomic E-state index is 11.6. The highest BCUT2D eigenvalue weighted by atomic mass is 35.5. The molecule has 138 valence electrons. The van der Waals surface area contributed by atoms with Gasteiger partial charge in [0.1, 0.15) is 17.0 Å². The molecule has 2 heterocycles. The van der Waals surface area contributed by atoms with Crippen molar-refractivity contribution < 1.29 is 14.6 Å². The van der Waals surface area contributed by atoms with Gasteiger partial charge < -0.3 is 9.84 Å². The molecular formula is C19H13Cl3N2O3. The van der Waals surface area contributed by atoms with Crippen molar-refractivity contribution in [2.45, 2.75) is 19.4 Å². The first-order valence-electron chi connectivity index (χ1n) is 8.00. The number of aromatic nitrogens is 2. The maximum Gasteiger partial charge on any atom is 0.354 e. The molecule has 0 amide bonds. The van der Waals surface area contributed by atoms with E-state index in [4.69, 9.17) is 39.5 Å². The Hall–Kier alpha value is -2.21. The lowest BCUT2D eigenvalue weighted by molar-refractivity contribution is 0.0665. The van der Waals surface area contributed by atoms with Crippen molar-refractivity contribution in [1.29, 1.82) is 0 Å². The Bertz CT molecular complexity index is 1110. The van der Waals surface area contributed by atoms with E-state index < -0.39 is 11.6 Å². The van der Waals surface area contributed by atoms with Gasteiger partial charge in [-0.15, -0.1) is 0 Å². The van der Waals surface area contributed by atoms with Crippen LogP contribution in [0.2, 0.25) is 15.1 Å². The number of carboxylic acids is 1. The Morgan fingerprint density at radius 2 is 1.81 bits per heavy atom. The fourth-order valence-corrected chi connectivity index (χ4v) is 4.13. The zero-order valence-electron chi connectivity index (χ0n) is 14.2. The van der Waals surface area contributed by atoms with Gasteiger partial charge in [-0.25, -0.2) is 4.79 Å². The molecule has 1 aliphatic rings. The normalized spacial score (nSPS) is 14.3. The molecular weight excluding hydrogens is 411 g/mol. The molecule has 0 unspecified atom stereocenters. The van der Waals surface area contributed by atoms with Crippen LogP contribution < -0.4 is 4.74 Å². The predicted octanol–water partition coefficient (Wildman–Crippen LogP) is 6.03. The molecule has 0 spiro atoms. The smallest absolute Gasteiger partial charge is 0.354 e. The first kappa shape index (κ1) is 18.2. The van der Waals surface area contributed by atoms with E-state index in [0.29, 0.717) is 48.8 Å². The average molecular weight is 424 g/mol. The lowest BCUT2D eigenvalue weighted by atomic mass is 9.87. The van der Waals surface area contributed by atoms with E-state index in [9.17, 15) is 9.90 Å². The minimum Gasteiger partial charge on any atom is -0.482 e. The highest BCUT2D eigenvalue weighted by Gasteiger charge is 2.40. The van der Waals surface area contributed by atoms with E-state index in [1.54, 1.807) is 44.2 Å². The number of hydrogen-bond acceptors (Lipinski definition) is 3. The summed E-state index contributed by atoms with van der Waals surface area (Å²) in [6.45, 7) is 3.57. The van der Waals surface area contributed by atoms with Gasteiger partial charge >= 0.3 is 5.97 Å². The van der Waals surface area contributed by atoms with Crippen LogP contribution in [-0.2, 0) is 5.60 Å². The molecule has 0 aliphatic carbocycles. The van der Waals surface area contributed by atoms with E-state index in [2.05, 4.69) is 10.2 Å². The van der Waals surface area contributed by atoms with Crippen LogP contribution >= 0.6 is 34.8 Å². The van der Waals surface area contributed by atoms with Gasteiger partial charge in [0.2, 0.25) is 0 Å². The van der Waals surface area contributed by atoms with Crippen LogP contribution in [0, 0.1) is 0 Å². The quantitative estimate of drug-likeness (QED) is 0.528. The fraction of sp³-hybridized carbons (Fsp3) is 0.158. The number of aromatic carboxylic acids is 1. The lowest BCUT2D eigenvalue weighted by Crippen LogP contribution is -2.31. The van der Waals surface area contributed by atoms with Crippen LogP contribution in [0.4, 0.5) is 0 Å². The molecule has 1 aromatic heterocycles. The van der Waals surface area contributed by atoms with Crippen LogP contribution in [0.15, 0.2) is 30.3 Å². The van der Waals surface area contributed by atoms with Crippen molar-refractivity contribution in [3.05, 3.63) is 56.7 Å². The molecule has 5 nitrogen and oxygen atoms in total. The number of ether oxygens (including phenoxy) is 1. The number of halogens is 3. The first-order chi connectivity index (χ1) is 12.7. The van der Waals surface area contributed by atoms with Crippen LogP contribution in [0.5, 0.6) is 5.75 Å². The Balaban J connectivity index is 2.04. The second kappa shape index (κ2) is 6.16. The zero-order chi connectivity index (χ0) is 19.5. The standard InChI is InChI=1S/C19H13Cl3N2O3/c1-19(2)14-15(23-24-16(14)18(25)26)10-5-6-11(21)13(17(10)27-19)9-4-3-8(20)7-12(9)22/h3-7H,1-2H3,(H,23,24)(H,25,26). The molecule has 4 rings (SSSR count). The SMILES string of the molecule is CC1(C)Oc2c(ccc(Cl)c2-c2ccc(Cl)cc2Cl)-c2n[nH]c(C(=O)O)c21. The molecule has 2 N–H and O–H groups in total. The van der Waals surface area contributed by atoms with Gasteiger partial charge in [0.05, 0.1) is 15.6 Å². The van der Waals surface area contributed by atoms with Crippen LogP contribution in [0.3, 0.4) is 0 Å². The number of hydrogen-bond donors (Lipinski definition) is 2. The van der Waals surface area contributed by atoms with Crippen molar-refractivity contribution in [3.8, 4) is 28.1 Å². The number of fused-ring (bicyclic) bond motifs is 3. The highest BCUT2D eigenvalue weighted by Crippen LogP contribution is 2.52. The van der Waals surface area contributed by atoms with E-state index in [-0.39, 0.29) is 5.69 Å². The molecule has 0 bridgehead atoms. The van der Waals surface area contributed by atoms with Gasteiger partial charge in [0.25, 0.3) is 0 Å². The minimum atomic E-state index is -1.10. The summed E-state index contributed by atoms with van der Waals surface area (Å²) >= 11 is 18.9. The summed E-state index contributed by atoms with van der Waals surface area (Å²) < 4.78 is 6.25. The summed E-state index contributed by atoms with van der Waals surface area (Å²) in [5.74, 6) is -0.605. The largest absolute Gasteiger partial charge is 0.482 e. The van der Waals surface area contributed by atoms with Gasteiger partial charge in [0.15, 0.2) is 5.69 Å². The van der Waals surface area contributed by atoms with E-state index in [1.807, 2.05) is 0 Å². The second-order valence-corrected chi connectivity index (χ2v) is 7.91. The molecule has 0 saturated carbocycles. The Kier molecular flexibility index (Phi) is 4.14. The third kappa shape index (κ3) is 2.78. The molecule has 3 aromatic rings. The molecule has 8 heteroatoms. The third-order valence-corrected chi connectivity index (χ3v) is 5.36. The Morgan fingerprint density at radius 1 is 1.11 bits per heavy atom. The average Bonchev–Trinajstić information content (AvgIpc) is 3.02. The van der Waals surface area contributed by atoms with E-state index >= 15 is 0 Å². The van der Waals surface area contributed by atoms with Crippen LogP contribution in [-0.4, -0.2) is 21.3 Å². The van der Waals surface area contributed by atoms with Gasteiger partial charge in [-0.1, -0.05) is 40.9 Å². The van der Waals surface area contributed by atoms with E-state index in [0.717, 1.165) is 0 Å². The van der Waals surface area contributed by atoms with Gasteiger partial charge in [-0.3, -0.25) is 5.10 Å². The summed E-state index contributed by atoms with van der Waals surface area (Å²) in [5.41, 5.74) is 1.96.